The first-order chi connectivity index (χ1) is 9.72. The van der Waals surface area contributed by atoms with Crippen molar-refractivity contribution >= 4 is 0 Å². The zero-order valence-electron chi connectivity index (χ0n) is 12.3. The van der Waals surface area contributed by atoms with E-state index in [9.17, 15) is 5.11 Å². The summed E-state index contributed by atoms with van der Waals surface area (Å²) < 4.78 is 5.84. The molecule has 3 unspecified atom stereocenters. The molecule has 0 bridgehead atoms. The van der Waals surface area contributed by atoms with Crippen molar-refractivity contribution in [3.8, 4) is 0 Å². The number of β-amino-alcohol motifs (C(OH)–C–C–N with tert-alkyl or cyclic N) is 1. The van der Waals surface area contributed by atoms with Crippen molar-refractivity contribution in [3.63, 3.8) is 0 Å². The second kappa shape index (κ2) is 6.29. The predicted molar refractivity (Wildman–Crippen MR) is 78.6 cm³/mol. The van der Waals surface area contributed by atoms with Gasteiger partial charge in [0.05, 0.1) is 12.6 Å². The van der Waals surface area contributed by atoms with Gasteiger partial charge in [-0.15, -0.1) is 0 Å². The first kappa shape index (κ1) is 14.1. The van der Waals surface area contributed by atoms with Crippen molar-refractivity contribution in [2.75, 3.05) is 26.2 Å². The Kier molecular flexibility index (Phi) is 4.44. The van der Waals surface area contributed by atoms with Crippen molar-refractivity contribution in [1.82, 2.24) is 10.2 Å². The van der Waals surface area contributed by atoms with Crippen molar-refractivity contribution in [1.29, 1.82) is 0 Å². The van der Waals surface area contributed by atoms with E-state index in [-0.39, 0.29) is 6.10 Å². The molecule has 1 saturated carbocycles. The van der Waals surface area contributed by atoms with E-state index in [4.69, 9.17) is 4.42 Å². The van der Waals surface area contributed by atoms with E-state index in [1.54, 1.807) is 0 Å². The van der Waals surface area contributed by atoms with Gasteiger partial charge < -0.3 is 19.7 Å². The zero-order valence-corrected chi connectivity index (χ0v) is 12.3. The second-order valence-electron chi connectivity index (χ2n) is 6.42. The molecule has 1 aromatic rings. The highest BCUT2D eigenvalue weighted by Crippen LogP contribution is 2.47. The Balaban J connectivity index is 1.35. The fourth-order valence-corrected chi connectivity index (χ4v) is 3.10. The lowest BCUT2D eigenvalue weighted by Gasteiger charge is -2.19. The van der Waals surface area contributed by atoms with Crippen molar-refractivity contribution in [2.24, 2.45) is 5.92 Å². The molecule has 2 heterocycles. The third-order valence-electron chi connectivity index (χ3n) is 4.50. The molecule has 4 nitrogen and oxygen atoms in total. The van der Waals surface area contributed by atoms with Gasteiger partial charge in [0.25, 0.3) is 0 Å². The summed E-state index contributed by atoms with van der Waals surface area (Å²) in [4.78, 5) is 2.34. The molecule has 1 aliphatic carbocycles. The molecule has 0 aromatic carbocycles. The Labute approximate surface area is 121 Å². The van der Waals surface area contributed by atoms with Gasteiger partial charge in [0.2, 0.25) is 0 Å². The lowest BCUT2D eigenvalue weighted by Crippen LogP contribution is -2.36. The minimum absolute atomic E-state index is 0.286. The van der Waals surface area contributed by atoms with Gasteiger partial charge >= 0.3 is 0 Å². The summed E-state index contributed by atoms with van der Waals surface area (Å²) in [5.74, 6) is 3.54. The highest BCUT2D eigenvalue weighted by molar-refractivity contribution is 5.17. The van der Waals surface area contributed by atoms with Gasteiger partial charge in [0, 0.05) is 19.0 Å². The third-order valence-corrected chi connectivity index (χ3v) is 4.50. The predicted octanol–water partition coefficient (Wildman–Crippen LogP) is 1.95. The minimum atomic E-state index is -0.286. The van der Waals surface area contributed by atoms with Crippen LogP contribution in [0.25, 0.3) is 0 Å². The molecular weight excluding hydrogens is 252 g/mol. The molecule has 0 amide bonds. The summed E-state index contributed by atoms with van der Waals surface area (Å²) in [6.07, 6.45) is 3.52. The molecule has 1 saturated heterocycles. The molecule has 0 radical (unpaired) electrons. The van der Waals surface area contributed by atoms with Gasteiger partial charge in [-0.1, -0.05) is 6.92 Å². The normalized spacial score (nSPS) is 27.9. The molecule has 3 atom stereocenters. The smallest absolute Gasteiger partial charge is 0.117 e. The Hall–Kier alpha value is -0.840. The maximum absolute atomic E-state index is 9.99. The lowest BCUT2D eigenvalue weighted by molar-refractivity contribution is 0.122. The van der Waals surface area contributed by atoms with Crippen molar-refractivity contribution in [2.45, 2.75) is 44.8 Å². The summed E-state index contributed by atoms with van der Waals surface area (Å²) in [7, 11) is 0. The van der Waals surface area contributed by atoms with Gasteiger partial charge in [-0.3, -0.25) is 0 Å². The molecule has 0 spiro atoms. The first-order valence-electron chi connectivity index (χ1n) is 7.92. The topological polar surface area (TPSA) is 48.6 Å². The zero-order chi connectivity index (χ0) is 13.9. The summed E-state index contributed by atoms with van der Waals surface area (Å²) >= 11 is 0. The van der Waals surface area contributed by atoms with Crippen LogP contribution in [0.3, 0.4) is 0 Å². The number of likely N-dealkylation sites (tertiary alicyclic amines) is 1. The molecule has 1 aliphatic heterocycles. The average molecular weight is 278 g/mol. The van der Waals surface area contributed by atoms with Gasteiger partial charge in [-0.2, -0.15) is 0 Å². The third kappa shape index (κ3) is 3.62. The SMILES string of the molecule is CC1CC1c1ccc(CNCC(O)CN2CCCC2)o1. The Morgan fingerprint density at radius 1 is 1.40 bits per heavy atom. The number of aliphatic hydroxyl groups excluding tert-OH is 1. The van der Waals surface area contributed by atoms with Crippen molar-refractivity contribution < 1.29 is 9.52 Å². The number of hydrogen-bond donors (Lipinski definition) is 2. The standard InChI is InChI=1S/C16H26N2O2/c1-12-8-15(12)16-5-4-14(20-16)10-17-9-13(19)11-18-6-2-3-7-18/h4-5,12-13,15,17,19H,2-3,6-11H2,1H3. The Morgan fingerprint density at radius 2 is 2.15 bits per heavy atom. The van der Waals surface area contributed by atoms with E-state index in [0.717, 1.165) is 37.1 Å². The van der Waals surface area contributed by atoms with E-state index in [2.05, 4.69) is 29.3 Å². The van der Waals surface area contributed by atoms with E-state index < -0.39 is 0 Å². The number of rotatable bonds is 7. The highest BCUT2D eigenvalue weighted by Gasteiger charge is 2.36. The molecule has 1 aromatic heterocycles. The van der Waals surface area contributed by atoms with E-state index >= 15 is 0 Å². The summed E-state index contributed by atoms with van der Waals surface area (Å²) in [6, 6.07) is 4.16. The van der Waals surface area contributed by atoms with Gasteiger partial charge in [-0.25, -0.2) is 0 Å². The van der Waals surface area contributed by atoms with E-state index in [1.807, 2.05) is 0 Å². The Morgan fingerprint density at radius 3 is 2.85 bits per heavy atom. The maximum atomic E-state index is 9.99. The number of aliphatic hydroxyl groups is 1. The fraction of sp³-hybridized carbons (Fsp3) is 0.750. The number of nitrogens with one attached hydrogen (secondary N) is 1. The van der Waals surface area contributed by atoms with Crippen LogP contribution in [-0.2, 0) is 6.54 Å². The first-order valence-corrected chi connectivity index (χ1v) is 7.92. The van der Waals surface area contributed by atoms with E-state index in [1.165, 1.54) is 19.3 Å². The molecule has 4 heteroatoms. The molecule has 2 N–H and O–H groups in total. The molecule has 20 heavy (non-hydrogen) atoms. The van der Waals surface area contributed by atoms with Crippen LogP contribution >= 0.6 is 0 Å². The largest absolute Gasteiger partial charge is 0.464 e. The monoisotopic (exact) mass is 278 g/mol. The summed E-state index contributed by atoms with van der Waals surface area (Å²) in [5, 5.41) is 13.3. The quantitative estimate of drug-likeness (QED) is 0.800. The van der Waals surface area contributed by atoms with Crippen LogP contribution in [0.2, 0.25) is 0 Å². The van der Waals surface area contributed by atoms with Crippen molar-refractivity contribution in [3.05, 3.63) is 23.7 Å². The van der Waals surface area contributed by atoms with Crippen LogP contribution in [-0.4, -0.2) is 42.3 Å². The number of hydrogen-bond acceptors (Lipinski definition) is 4. The lowest BCUT2D eigenvalue weighted by atomic mass is 10.3. The van der Waals surface area contributed by atoms with E-state index in [0.29, 0.717) is 19.0 Å². The fourth-order valence-electron chi connectivity index (χ4n) is 3.10. The summed E-state index contributed by atoms with van der Waals surface area (Å²) in [5.41, 5.74) is 0. The molecular formula is C16H26N2O2. The molecule has 2 fully saturated rings. The van der Waals surface area contributed by atoms with Crippen LogP contribution in [0.4, 0.5) is 0 Å². The number of nitrogens with zero attached hydrogens (tertiary/aromatic N) is 1. The molecule has 112 valence electrons. The van der Waals surface area contributed by atoms with Gasteiger partial charge in [-0.05, 0) is 50.4 Å². The number of furan rings is 1. The molecule has 2 aliphatic rings. The second-order valence-corrected chi connectivity index (χ2v) is 6.42. The van der Waals surface area contributed by atoms with Crippen LogP contribution < -0.4 is 5.32 Å². The molecule has 3 rings (SSSR count). The summed E-state index contributed by atoms with van der Waals surface area (Å²) in [6.45, 7) is 6.66. The minimum Gasteiger partial charge on any atom is -0.464 e. The van der Waals surface area contributed by atoms with Crippen LogP contribution in [0.5, 0.6) is 0 Å². The average Bonchev–Trinajstić information content (AvgIpc) is 2.87. The maximum Gasteiger partial charge on any atom is 0.117 e. The van der Waals surface area contributed by atoms with Gasteiger partial charge in [0.1, 0.15) is 11.5 Å². The highest BCUT2D eigenvalue weighted by atomic mass is 16.3. The Bertz CT molecular complexity index is 426. The van der Waals surface area contributed by atoms with Crippen LogP contribution in [0.15, 0.2) is 16.5 Å². The van der Waals surface area contributed by atoms with Gasteiger partial charge in [0.15, 0.2) is 0 Å². The van der Waals surface area contributed by atoms with Crippen LogP contribution in [0.1, 0.15) is 43.6 Å². The van der Waals surface area contributed by atoms with Crippen LogP contribution in [0, 0.1) is 5.92 Å².